The number of hydrogen-bond acceptors (Lipinski definition) is 6. The molecule has 0 amide bonds. The molecule has 2 saturated heterocycles. The van der Waals surface area contributed by atoms with E-state index in [1.54, 1.807) is 14.2 Å². The van der Waals surface area contributed by atoms with Crippen LogP contribution in [0.4, 0.5) is 5.69 Å². The molecule has 1 aromatic carbocycles. The second-order valence-electron chi connectivity index (χ2n) is 7.34. The van der Waals surface area contributed by atoms with Crippen LogP contribution in [0.25, 0.3) is 10.9 Å². The first kappa shape index (κ1) is 17.7. The maximum absolute atomic E-state index is 5.51. The fraction of sp³-hybridized carbons (Fsp3) is 0.550. The molecule has 4 rings (SSSR count). The van der Waals surface area contributed by atoms with Gasteiger partial charge in [0, 0.05) is 49.5 Å². The molecule has 0 bridgehead atoms. The molecular formula is C20H27N3O2S. The maximum atomic E-state index is 5.51. The van der Waals surface area contributed by atoms with Crippen molar-refractivity contribution in [1.29, 1.82) is 0 Å². The Bertz CT molecular complexity index is 790. The standard InChI is InChI=1S/C20H27N3O2S/c1-24-18-12-15-16(13-19(18)25-2)21-8-4-17(15)22-9-5-20(6-10-22)7-11-23(14-20)26-3/h4,8,12-13H,5-7,9-11,14H2,1-3H3. The topological polar surface area (TPSA) is 37.8 Å². The summed E-state index contributed by atoms with van der Waals surface area (Å²) in [5.74, 6) is 1.49. The van der Waals surface area contributed by atoms with Gasteiger partial charge in [-0.1, -0.05) is 11.9 Å². The molecule has 0 N–H and O–H groups in total. The Morgan fingerprint density at radius 1 is 1.04 bits per heavy atom. The van der Waals surface area contributed by atoms with Crippen LogP contribution in [0, 0.1) is 5.41 Å². The zero-order chi connectivity index (χ0) is 18.1. The van der Waals surface area contributed by atoms with Gasteiger partial charge < -0.3 is 14.4 Å². The van der Waals surface area contributed by atoms with E-state index in [2.05, 4.69) is 32.6 Å². The highest BCUT2D eigenvalue weighted by Crippen LogP contribution is 2.44. The van der Waals surface area contributed by atoms with E-state index < -0.39 is 0 Å². The number of anilines is 1. The Hall–Kier alpha value is -1.66. The highest BCUT2D eigenvalue weighted by molar-refractivity contribution is 7.96. The van der Waals surface area contributed by atoms with E-state index in [0.717, 1.165) is 35.5 Å². The van der Waals surface area contributed by atoms with Crippen LogP contribution in [-0.2, 0) is 0 Å². The summed E-state index contributed by atoms with van der Waals surface area (Å²) >= 11 is 1.89. The van der Waals surface area contributed by atoms with Crippen LogP contribution in [0.15, 0.2) is 24.4 Å². The van der Waals surface area contributed by atoms with Gasteiger partial charge in [0.25, 0.3) is 0 Å². The summed E-state index contributed by atoms with van der Waals surface area (Å²) in [6, 6.07) is 6.16. The molecular weight excluding hydrogens is 346 g/mol. The minimum Gasteiger partial charge on any atom is -0.493 e. The minimum atomic E-state index is 0.517. The molecule has 2 aromatic rings. The van der Waals surface area contributed by atoms with Crippen LogP contribution in [0.1, 0.15) is 19.3 Å². The molecule has 0 unspecified atom stereocenters. The van der Waals surface area contributed by atoms with E-state index in [-0.39, 0.29) is 0 Å². The van der Waals surface area contributed by atoms with Gasteiger partial charge in [0.1, 0.15) is 0 Å². The van der Waals surface area contributed by atoms with E-state index in [9.17, 15) is 0 Å². The number of hydrogen-bond donors (Lipinski definition) is 0. The monoisotopic (exact) mass is 373 g/mol. The molecule has 140 valence electrons. The summed E-state index contributed by atoms with van der Waals surface area (Å²) in [7, 11) is 3.35. The number of fused-ring (bicyclic) bond motifs is 1. The summed E-state index contributed by atoms with van der Waals surface area (Å²) in [6.07, 6.45) is 7.96. The lowest BCUT2D eigenvalue weighted by atomic mass is 9.77. The number of rotatable bonds is 4. The lowest BCUT2D eigenvalue weighted by molar-refractivity contribution is 0.237. The first-order valence-corrected chi connectivity index (χ1v) is 10.4. The van der Waals surface area contributed by atoms with Crippen molar-refractivity contribution in [2.24, 2.45) is 5.41 Å². The molecule has 0 saturated carbocycles. The number of aromatic nitrogens is 1. The van der Waals surface area contributed by atoms with Gasteiger partial charge in [0.2, 0.25) is 0 Å². The fourth-order valence-corrected chi connectivity index (χ4v) is 5.09. The van der Waals surface area contributed by atoms with Crippen molar-refractivity contribution < 1.29 is 9.47 Å². The van der Waals surface area contributed by atoms with E-state index in [4.69, 9.17) is 9.47 Å². The number of nitrogens with zero attached hydrogens (tertiary/aromatic N) is 3. The molecule has 0 atom stereocenters. The van der Waals surface area contributed by atoms with Crippen molar-refractivity contribution in [2.75, 3.05) is 51.6 Å². The molecule has 2 aliphatic heterocycles. The Balaban J connectivity index is 1.60. The molecule has 5 nitrogen and oxygen atoms in total. The van der Waals surface area contributed by atoms with Crippen molar-refractivity contribution >= 4 is 28.5 Å². The third-order valence-corrected chi connectivity index (χ3v) is 6.88. The van der Waals surface area contributed by atoms with Crippen LogP contribution >= 0.6 is 11.9 Å². The molecule has 0 aliphatic carbocycles. The van der Waals surface area contributed by atoms with Crippen LogP contribution < -0.4 is 14.4 Å². The average Bonchev–Trinajstić information content (AvgIpc) is 3.10. The van der Waals surface area contributed by atoms with Gasteiger partial charge in [0.05, 0.1) is 19.7 Å². The lowest BCUT2D eigenvalue weighted by Crippen LogP contribution is -2.41. The number of ether oxygens (including phenoxy) is 2. The lowest BCUT2D eigenvalue weighted by Gasteiger charge is -2.40. The number of benzene rings is 1. The van der Waals surface area contributed by atoms with Gasteiger partial charge in [-0.25, -0.2) is 0 Å². The highest BCUT2D eigenvalue weighted by Gasteiger charge is 2.40. The van der Waals surface area contributed by atoms with Gasteiger partial charge in [0.15, 0.2) is 11.5 Å². The summed E-state index contributed by atoms with van der Waals surface area (Å²) in [6.45, 7) is 4.69. The van der Waals surface area contributed by atoms with Gasteiger partial charge >= 0.3 is 0 Å². The van der Waals surface area contributed by atoms with Gasteiger partial charge in [-0.3, -0.25) is 9.29 Å². The third-order valence-electron chi connectivity index (χ3n) is 6.05. The summed E-state index contributed by atoms with van der Waals surface area (Å²) in [4.78, 5) is 7.06. The predicted molar refractivity (Wildman–Crippen MR) is 108 cm³/mol. The zero-order valence-electron chi connectivity index (χ0n) is 15.8. The van der Waals surface area contributed by atoms with Gasteiger partial charge in [-0.15, -0.1) is 0 Å². The minimum absolute atomic E-state index is 0.517. The number of pyridine rings is 1. The quantitative estimate of drug-likeness (QED) is 0.759. The molecule has 3 heterocycles. The molecule has 0 radical (unpaired) electrons. The van der Waals surface area contributed by atoms with Crippen molar-refractivity contribution in [3.63, 3.8) is 0 Å². The van der Waals surface area contributed by atoms with Crippen LogP contribution in [0.5, 0.6) is 11.5 Å². The van der Waals surface area contributed by atoms with E-state index in [0.29, 0.717) is 5.41 Å². The number of methoxy groups -OCH3 is 2. The molecule has 1 spiro atoms. The predicted octanol–water partition coefficient (Wildman–Crippen LogP) is 3.82. The fourth-order valence-electron chi connectivity index (χ4n) is 4.41. The SMILES string of the molecule is COc1cc2nccc(N3CCC4(CCN(SC)C4)CC3)c2cc1OC. The van der Waals surface area contributed by atoms with E-state index in [1.807, 2.05) is 24.2 Å². The van der Waals surface area contributed by atoms with Crippen LogP contribution in [-0.4, -0.2) is 55.9 Å². The normalized spacial score (nSPS) is 20.0. The molecule has 1 aromatic heterocycles. The Kier molecular flexibility index (Phi) is 4.88. The summed E-state index contributed by atoms with van der Waals surface area (Å²) in [5.41, 5.74) is 2.73. The largest absolute Gasteiger partial charge is 0.493 e. The average molecular weight is 374 g/mol. The van der Waals surface area contributed by atoms with E-state index in [1.165, 1.54) is 38.0 Å². The molecule has 26 heavy (non-hydrogen) atoms. The zero-order valence-corrected chi connectivity index (χ0v) is 16.6. The van der Waals surface area contributed by atoms with Crippen molar-refractivity contribution in [2.45, 2.75) is 19.3 Å². The van der Waals surface area contributed by atoms with E-state index >= 15 is 0 Å². The second-order valence-corrected chi connectivity index (χ2v) is 8.22. The Morgan fingerprint density at radius 2 is 1.73 bits per heavy atom. The maximum Gasteiger partial charge on any atom is 0.162 e. The van der Waals surface area contributed by atoms with Crippen LogP contribution in [0.3, 0.4) is 0 Å². The highest BCUT2D eigenvalue weighted by atomic mass is 32.2. The van der Waals surface area contributed by atoms with Crippen molar-refractivity contribution in [3.8, 4) is 11.5 Å². The van der Waals surface area contributed by atoms with Crippen molar-refractivity contribution in [3.05, 3.63) is 24.4 Å². The smallest absolute Gasteiger partial charge is 0.162 e. The van der Waals surface area contributed by atoms with Gasteiger partial charge in [-0.2, -0.15) is 0 Å². The molecule has 2 fully saturated rings. The third kappa shape index (κ3) is 3.09. The molecule has 2 aliphatic rings. The second kappa shape index (κ2) is 7.16. The first-order chi connectivity index (χ1) is 12.7. The first-order valence-electron chi connectivity index (χ1n) is 9.23. The molecule has 6 heteroatoms. The number of piperidine rings is 1. The Labute approximate surface area is 159 Å². The van der Waals surface area contributed by atoms with Crippen LogP contribution in [0.2, 0.25) is 0 Å². The Morgan fingerprint density at radius 3 is 2.38 bits per heavy atom. The summed E-state index contributed by atoms with van der Waals surface area (Å²) in [5, 5.41) is 1.14. The van der Waals surface area contributed by atoms with Crippen molar-refractivity contribution in [1.82, 2.24) is 9.29 Å². The van der Waals surface area contributed by atoms with Gasteiger partial charge in [-0.05, 0) is 43.1 Å². The summed E-state index contributed by atoms with van der Waals surface area (Å²) < 4.78 is 13.5.